The van der Waals surface area contributed by atoms with Gasteiger partial charge in [0, 0.05) is 49.8 Å². The summed E-state index contributed by atoms with van der Waals surface area (Å²) >= 11 is 0. The van der Waals surface area contributed by atoms with Crippen LogP contribution in [-0.4, -0.2) is 49.8 Å². The molecule has 2 N–H and O–H groups in total. The van der Waals surface area contributed by atoms with Crippen LogP contribution in [0.5, 0.6) is 0 Å². The Bertz CT molecular complexity index is 837. The molecule has 1 aliphatic rings. The highest BCUT2D eigenvalue weighted by atomic mass is 16.3. The molecule has 1 aliphatic heterocycles. The molecule has 1 fully saturated rings. The molecule has 0 bridgehead atoms. The predicted molar refractivity (Wildman–Crippen MR) is 103 cm³/mol. The van der Waals surface area contributed by atoms with Gasteiger partial charge in [0.15, 0.2) is 0 Å². The number of aliphatic hydroxyl groups is 1. The molecule has 1 saturated heterocycles. The van der Waals surface area contributed by atoms with Crippen LogP contribution in [0.15, 0.2) is 55.2 Å². The molecule has 1 aromatic carbocycles. The molecule has 0 amide bonds. The monoisotopic (exact) mass is 364 g/mol. The number of nitrogens with zero attached hydrogens (tertiary/aromatic N) is 5. The Morgan fingerprint density at radius 2 is 2.04 bits per heavy atom. The number of anilines is 1. The Kier molecular flexibility index (Phi) is 5.13. The number of H-pyrrole nitrogens is 1. The molecule has 7 heteroatoms. The predicted octanol–water partition coefficient (Wildman–Crippen LogP) is 2.32. The van der Waals surface area contributed by atoms with E-state index in [1.165, 1.54) is 11.1 Å². The van der Waals surface area contributed by atoms with Gasteiger partial charge in [-0.3, -0.25) is 15.0 Å². The lowest BCUT2D eigenvalue weighted by Gasteiger charge is -2.44. The Labute approximate surface area is 158 Å². The van der Waals surface area contributed by atoms with Crippen LogP contribution in [0, 0.1) is 0 Å². The van der Waals surface area contributed by atoms with E-state index in [0.29, 0.717) is 0 Å². The lowest BCUT2D eigenvalue weighted by molar-refractivity contribution is 0.127. The van der Waals surface area contributed by atoms with E-state index < -0.39 is 0 Å². The minimum absolute atomic E-state index is 0.0613. The van der Waals surface area contributed by atoms with Crippen LogP contribution >= 0.6 is 0 Å². The lowest BCUT2D eigenvalue weighted by atomic mass is 9.97. The molecule has 3 aromatic rings. The molecule has 7 nitrogen and oxygen atoms in total. The van der Waals surface area contributed by atoms with Gasteiger partial charge >= 0.3 is 0 Å². The number of hydrogen-bond donors (Lipinski definition) is 2. The number of aromatic nitrogens is 4. The molecule has 2 aromatic heterocycles. The van der Waals surface area contributed by atoms with E-state index >= 15 is 0 Å². The van der Waals surface area contributed by atoms with Gasteiger partial charge in [-0.2, -0.15) is 5.10 Å². The first kappa shape index (κ1) is 17.6. The smallest absolute Gasteiger partial charge is 0.147 e. The van der Waals surface area contributed by atoms with Gasteiger partial charge in [-0.05, 0) is 18.1 Å². The molecule has 2 atom stereocenters. The fourth-order valence-corrected chi connectivity index (χ4v) is 3.75. The number of aromatic amines is 1. The molecule has 0 radical (unpaired) electrons. The van der Waals surface area contributed by atoms with Crippen molar-refractivity contribution in [3.8, 4) is 0 Å². The average Bonchev–Trinajstić information content (AvgIpc) is 3.28. The van der Waals surface area contributed by atoms with Crippen LogP contribution in [-0.2, 0) is 6.61 Å². The molecule has 3 heterocycles. The molecular weight excluding hydrogens is 340 g/mol. The van der Waals surface area contributed by atoms with Crippen LogP contribution in [0.2, 0.25) is 0 Å². The first-order chi connectivity index (χ1) is 13.3. The molecular formula is C20H24N6O. The van der Waals surface area contributed by atoms with E-state index in [9.17, 15) is 5.11 Å². The highest BCUT2D eigenvalue weighted by Crippen LogP contribution is 2.34. The van der Waals surface area contributed by atoms with Crippen molar-refractivity contribution in [2.75, 3.05) is 24.5 Å². The summed E-state index contributed by atoms with van der Waals surface area (Å²) in [7, 11) is 0. The van der Waals surface area contributed by atoms with Gasteiger partial charge in [0.2, 0.25) is 0 Å². The molecule has 140 valence electrons. The summed E-state index contributed by atoms with van der Waals surface area (Å²) in [5.74, 6) is 0.907. The van der Waals surface area contributed by atoms with Crippen LogP contribution in [0.3, 0.4) is 0 Å². The van der Waals surface area contributed by atoms with E-state index in [4.69, 9.17) is 0 Å². The highest BCUT2D eigenvalue weighted by Gasteiger charge is 2.32. The Balaban J connectivity index is 1.64. The lowest BCUT2D eigenvalue weighted by Crippen LogP contribution is -2.49. The summed E-state index contributed by atoms with van der Waals surface area (Å²) in [6.07, 6.45) is 9.12. The molecule has 0 aliphatic carbocycles. The molecule has 4 rings (SSSR count). The molecule has 0 spiro atoms. The summed E-state index contributed by atoms with van der Waals surface area (Å²) < 4.78 is 0. The number of benzene rings is 1. The van der Waals surface area contributed by atoms with E-state index in [1.807, 2.05) is 30.7 Å². The van der Waals surface area contributed by atoms with Crippen LogP contribution in [0.1, 0.15) is 35.7 Å². The second-order valence-corrected chi connectivity index (χ2v) is 6.87. The second kappa shape index (κ2) is 7.85. The maximum absolute atomic E-state index is 9.35. The van der Waals surface area contributed by atoms with Crippen molar-refractivity contribution in [1.29, 1.82) is 0 Å². The van der Waals surface area contributed by atoms with Crippen molar-refractivity contribution in [3.05, 3.63) is 71.9 Å². The minimum Gasteiger partial charge on any atom is -0.392 e. The van der Waals surface area contributed by atoms with Gasteiger partial charge in [0.1, 0.15) is 5.82 Å². The van der Waals surface area contributed by atoms with Gasteiger partial charge < -0.3 is 10.0 Å². The van der Waals surface area contributed by atoms with Crippen molar-refractivity contribution in [3.63, 3.8) is 0 Å². The summed E-state index contributed by atoms with van der Waals surface area (Å²) in [5, 5.41) is 16.4. The van der Waals surface area contributed by atoms with Crippen LogP contribution < -0.4 is 4.90 Å². The zero-order valence-corrected chi connectivity index (χ0v) is 15.4. The van der Waals surface area contributed by atoms with Gasteiger partial charge in [-0.25, -0.2) is 4.98 Å². The van der Waals surface area contributed by atoms with Crippen LogP contribution in [0.4, 0.5) is 5.82 Å². The van der Waals surface area contributed by atoms with Gasteiger partial charge in [0.05, 0.1) is 25.0 Å². The van der Waals surface area contributed by atoms with Crippen molar-refractivity contribution in [1.82, 2.24) is 25.1 Å². The third kappa shape index (κ3) is 3.70. The summed E-state index contributed by atoms with van der Waals surface area (Å²) in [6, 6.07) is 8.68. The first-order valence-corrected chi connectivity index (χ1v) is 9.21. The number of hydrogen-bond acceptors (Lipinski definition) is 6. The quantitative estimate of drug-likeness (QED) is 0.723. The molecule has 2 unspecified atom stereocenters. The second-order valence-electron chi connectivity index (χ2n) is 6.87. The maximum atomic E-state index is 9.35. The van der Waals surface area contributed by atoms with Crippen molar-refractivity contribution in [2.45, 2.75) is 25.6 Å². The Morgan fingerprint density at radius 3 is 2.70 bits per heavy atom. The highest BCUT2D eigenvalue weighted by molar-refractivity contribution is 5.38. The summed E-state index contributed by atoms with van der Waals surface area (Å²) in [5.41, 5.74) is 3.34. The topological polar surface area (TPSA) is 81.2 Å². The zero-order valence-electron chi connectivity index (χ0n) is 15.4. The first-order valence-electron chi connectivity index (χ1n) is 9.21. The normalized spacial score (nSPS) is 19.2. The summed E-state index contributed by atoms with van der Waals surface area (Å²) in [6.45, 7) is 4.92. The van der Waals surface area contributed by atoms with E-state index in [2.05, 4.69) is 49.0 Å². The zero-order chi connectivity index (χ0) is 18.6. The van der Waals surface area contributed by atoms with Gasteiger partial charge in [-0.1, -0.05) is 24.3 Å². The van der Waals surface area contributed by atoms with E-state index in [-0.39, 0.29) is 18.7 Å². The van der Waals surface area contributed by atoms with Crippen molar-refractivity contribution >= 4 is 5.82 Å². The standard InChI is InChI=1S/C20H24N6O/c1-15(18-10-23-24-11-18)26-9-8-25(20-12-21-6-7-22-20)13-19(26)17-4-2-16(14-27)3-5-17/h2-7,10-12,15,19,27H,8-9,13-14H2,1H3,(H,23,24). The number of piperazine rings is 1. The largest absolute Gasteiger partial charge is 0.392 e. The number of rotatable bonds is 5. The summed E-state index contributed by atoms with van der Waals surface area (Å²) in [4.78, 5) is 13.5. The fourth-order valence-electron chi connectivity index (χ4n) is 3.75. The minimum atomic E-state index is 0.0613. The Hall–Kier alpha value is -2.77. The van der Waals surface area contributed by atoms with E-state index in [0.717, 1.165) is 31.0 Å². The third-order valence-corrected chi connectivity index (χ3v) is 5.34. The van der Waals surface area contributed by atoms with Crippen molar-refractivity contribution < 1.29 is 5.11 Å². The third-order valence-electron chi connectivity index (χ3n) is 5.34. The van der Waals surface area contributed by atoms with Gasteiger partial charge in [-0.15, -0.1) is 0 Å². The number of aliphatic hydroxyl groups excluding tert-OH is 1. The molecule has 0 saturated carbocycles. The van der Waals surface area contributed by atoms with Gasteiger partial charge in [0.25, 0.3) is 0 Å². The van der Waals surface area contributed by atoms with Crippen LogP contribution in [0.25, 0.3) is 0 Å². The molecule has 27 heavy (non-hydrogen) atoms. The number of nitrogens with one attached hydrogen (secondary N) is 1. The Morgan fingerprint density at radius 1 is 1.19 bits per heavy atom. The maximum Gasteiger partial charge on any atom is 0.147 e. The SMILES string of the molecule is CC(c1cn[nH]c1)N1CCN(c2cnccn2)CC1c1ccc(CO)cc1. The fraction of sp³-hybridized carbons (Fsp3) is 0.350. The average molecular weight is 364 g/mol. The van der Waals surface area contributed by atoms with Crippen molar-refractivity contribution in [2.24, 2.45) is 0 Å². The van der Waals surface area contributed by atoms with E-state index in [1.54, 1.807) is 12.4 Å².